The van der Waals surface area contributed by atoms with Crippen LogP contribution in [0.15, 0.2) is 24.5 Å². The molecule has 2 rings (SSSR count). The molecule has 1 aliphatic rings. The van der Waals surface area contributed by atoms with Gasteiger partial charge in [0.1, 0.15) is 18.3 Å². The van der Waals surface area contributed by atoms with Crippen molar-refractivity contribution in [1.82, 2.24) is 4.98 Å². The molecule has 1 saturated heterocycles. The third kappa shape index (κ3) is 4.82. The number of hydrogen-bond acceptors (Lipinski definition) is 7. The molecule has 123 valence electrons. The standard InChI is InChI=1S/C6H5NO2.C5H10O7P/c8-6(9)5-2-1-3-7-4-5;6-1-2-3(7)4(8)5(12-2)13(9,10)11/h1-4H,(H,8,9);2-4,6-8H,1H2,(H2,9,10,11)/t;2-,3-,4-/m.1/s1. The highest BCUT2D eigenvalue weighted by Gasteiger charge is 2.51. The quantitative estimate of drug-likeness (QED) is 0.358. The van der Waals surface area contributed by atoms with Crippen LogP contribution in [0.2, 0.25) is 0 Å². The highest BCUT2D eigenvalue weighted by atomic mass is 31.2. The smallest absolute Gasteiger partial charge is 0.363 e. The summed E-state index contributed by atoms with van der Waals surface area (Å²) in [6.45, 7) is -0.623. The molecule has 2 heterocycles. The number of carboxylic acid groups (broad SMARTS) is 1. The monoisotopic (exact) mass is 336 g/mol. The largest absolute Gasteiger partial charge is 0.478 e. The van der Waals surface area contributed by atoms with Gasteiger partial charge >= 0.3 is 13.6 Å². The molecule has 1 aliphatic heterocycles. The van der Waals surface area contributed by atoms with E-state index in [0.717, 1.165) is 0 Å². The normalized spacial score (nSPS) is 25.4. The summed E-state index contributed by atoms with van der Waals surface area (Å²) in [5, 5.41) is 35.1. The summed E-state index contributed by atoms with van der Waals surface area (Å²) in [6, 6.07) is 3.08. The topological polar surface area (TPSA) is 178 Å². The molecule has 11 heteroatoms. The van der Waals surface area contributed by atoms with E-state index >= 15 is 0 Å². The van der Waals surface area contributed by atoms with Gasteiger partial charge in [0.2, 0.25) is 5.85 Å². The Morgan fingerprint density at radius 3 is 2.27 bits per heavy atom. The first-order chi connectivity index (χ1) is 10.2. The first kappa shape index (κ1) is 18.7. The van der Waals surface area contributed by atoms with Crippen LogP contribution in [-0.4, -0.2) is 66.1 Å². The van der Waals surface area contributed by atoms with Crippen molar-refractivity contribution in [3.63, 3.8) is 0 Å². The molecule has 22 heavy (non-hydrogen) atoms. The van der Waals surface area contributed by atoms with Crippen molar-refractivity contribution in [3.8, 4) is 0 Å². The highest BCUT2D eigenvalue weighted by Crippen LogP contribution is 2.53. The van der Waals surface area contributed by atoms with Crippen LogP contribution in [0.4, 0.5) is 0 Å². The number of ether oxygens (including phenoxy) is 1. The van der Waals surface area contributed by atoms with E-state index in [2.05, 4.69) is 9.72 Å². The summed E-state index contributed by atoms with van der Waals surface area (Å²) in [4.78, 5) is 31.0. The Kier molecular flexibility index (Phi) is 6.57. The molecule has 1 radical (unpaired) electrons. The lowest BCUT2D eigenvalue weighted by Crippen LogP contribution is -2.32. The zero-order chi connectivity index (χ0) is 16.9. The number of hydrogen-bond donors (Lipinski definition) is 6. The number of aromatic carboxylic acids is 1. The number of carboxylic acids is 1. The number of aliphatic hydroxyl groups is 3. The van der Waals surface area contributed by atoms with Gasteiger partial charge < -0.3 is 34.9 Å². The maximum atomic E-state index is 10.6. The van der Waals surface area contributed by atoms with E-state index in [9.17, 15) is 9.36 Å². The summed E-state index contributed by atoms with van der Waals surface area (Å²) >= 11 is 0. The lowest BCUT2D eigenvalue weighted by Gasteiger charge is -2.13. The van der Waals surface area contributed by atoms with E-state index in [1.54, 1.807) is 6.07 Å². The lowest BCUT2D eigenvalue weighted by atomic mass is 10.2. The van der Waals surface area contributed by atoms with Crippen molar-refractivity contribution < 1.29 is 44.3 Å². The minimum Gasteiger partial charge on any atom is -0.478 e. The van der Waals surface area contributed by atoms with Gasteiger partial charge in [-0.25, -0.2) is 4.79 Å². The highest BCUT2D eigenvalue weighted by molar-refractivity contribution is 7.55. The van der Waals surface area contributed by atoms with Crippen molar-refractivity contribution in [3.05, 3.63) is 35.9 Å². The molecule has 10 nitrogen and oxygen atoms in total. The summed E-state index contributed by atoms with van der Waals surface area (Å²) in [5.74, 6) is -1.83. The van der Waals surface area contributed by atoms with Crippen LogP contribution in [0.1, 0.15) is 10.4 Å². The molecule has 1 aromatic heterocycles. The molecule has 0 amide bonds. The predicted octanol–water partition coefficient (Wildman–Crippen LogP) is -1.45. The van der Waals surface area contributed by atoms with Gasteiger partial charge in [-0.2, -0.15) is 0 Å². The third-order valence-corrected chi connectivity index (χ3v) is 3.55. The predicted molar refractivity (Wildman–Crippen MR) is 70.5 cm³/mol. The number of pyridine rings is 1. The van der Waals surface area contributed by atoms with Gasteiger partial charge in [0.05, 0.1) is 12.2 Å². The fourth-order valence-corrected chi connectivity index (χ4v) is 2.29. The van der Waals surface area contributed by atoms with Gasteiger partial charge in [0, 0.05) is 12.4 Å². The SMILES string of the molecule is O=C(O)c1cccnc1.O=P(O)(O)[C]1O[C@H](CO)[C@@H](O)[C@H]1O. The Morgan fingerprint density at radius 1 is 1.36 bits per heavy atom. The Balaban J connectivity index is 0.000000235. The fraction of sp³-hybridized carbons (Fsp3) is 0.364. The Hall–Kier alpha value is -1.39. The van der Waals surface area contributed by atoms with Crippen LogP contribution in [0.3, 0.4) is 0 Å². The van der Waals surface area contributed by atoms with Gasteiger partial charge in [-0.3, -0.25) is 9.55 Å². The van der Waals surface area contributed by atoms with Crippen LogP contribution >= 0.6 is 7.60 Å². The molecule has 0 bridgehead atoms. The number of rotatable bonds is 3. The van der Waals surface area contributed by atoms with Crippen molar-refractivity contribution in [2.24, 2.45) is 0 Å². The van der Waals surface area contributed by atoms with E-state index in [-0.39, 0.29) is 5.56 Å². The number of aliphatic hydroxyl groups excluding tert-OH is 3. The zero-order valence-corrected chi connectivity index (χ0v) is 11.9. The van der Waals surface area contributed by atoms with E-state index in [4.69, 9.17) is 30.2 Å². The lowest BCUT2D eigenvalue weighted by molar-refractivity contribution is -0.00421. The van der Waals surface area contributed by atoms with Crippen LogP contribution in [0.25, 0.3) is 0 Å². The molecule has 1 fully saturated rings. The van der Waals surface area contributed by atoms with Crippen LogP contribution in [0.5, 0.6) is 0 Å². The van der Waals surface area contributed by atoms with Gasteiger partial charge in [0.25, 0.3) is 0 Å². The molecule has 0 unspecified atom stereocenters. The third-order valence-electron chi connectivity index (χ3n) is 2.61. The molecular weight excluding hydrogens is 321 g/mol. The molecule has 0 spiro atoms. The van der Waals surface area contributed by atoms with E-state index < -0.39 is 44.3 Å². The molecule has 1 aromatic rings. The van der Waals surface area contributed by atoms with E-state index in [1.165, 1.54) is 18.5 Å². The summed E-state index contributed by atoms with van der Waals surface area (Å²) < 4.78 is 15.1. The maximum Gasteiger partial charge on any atom is 0.363 e. The Labute approximate surface area is 124 Å². The second-order valence-corrected chi connectivity index (χ2v) is 5.73. The molecule has 3 atom stereocenters. The second-order valence-electron chi connectivity index (χ2n) is 4.20. The molecule has 6 N–H and O–H groups in total. The number of nitrogens with zero attached hydrogens (tertiary/aromatic N) is 1. The fourth-order valence-electron chi connectivity index (χ4n) is 1.52. The summed E-state index contributed by atoms with van der Waals surface area (Å²) in [7, 11) is -4.68. The van der Waals surface area contributed by atoms with Crippen molar-refractivity contribution in [2.45, 2.75) is 18.3 Å². The van der Waals surface area contributed by atoms with Gasteiger partial charge in [-0.15, -0.1) is 0 Å². The van der Waals surface area contributed by atoms with E-state index in [0.29, 0.717) is 0 Å². The van der Waals surface area contributed by atoms with Gasteiger partial charge in [0.15, 0.2) is 0 Å². The van der Waals surface area contributed by atoms with E-state index in [1.807, 2.05) is 0 Å². The Bertz CT molecular complexity index is 534. The minimum atomic E-state index is -4.68. The molecular formula is C11H15NO9P. The molecule has 0 saturated carbocycles. The molecule has 0 aliphatic carbocycles. The van der Waals surface area contributed by atoms with Crippen LogP contribution < -0.4 is 0 Å². The Morgan fingerprint density at radius 2 is 2.00 bits per heavy atom. The number of carbonyl (C=O) groups is 1. The van der Waals surface area contributed by atoms with Gasteiger partial charge in [-0.1, -0.05) is 0 Å². The van der Waals surface area contributed by atoms with Gasteiger partial charge in [-0.05, 0) is 12.1 Å². The minimum absolute atomic E-state index is 0.220. The first-order valence-electron chi connectivity index (χ1n) is 5.88. The summed E-state index contributed by atoms with van der Waals surface area (Å²) in [6.07, 6.45) is -1.60. The zero-order valence-electron chi connectivity index (χ0n) is 11.1. The molecule has 0 aromatic carbocycles. The van der Waals surface area contributed by atoms with Crippen LogP contribution in [0, 0.1) is 5.85 Å². The summed E-state index contributed by atoms with van der Waals surface area (Å²) in [5.41, 5.74) is 0.220. The van der Waals surface area contributed by atoms with Crippen molar-refractivity contribution in [1.29, 1.82) is 0 Å². The second kappa shape index (κ2) is 7.75. The van der Waals surface area contributed by atoms with Crippen LogP contribution in [-0.2, 0) is 9.30 Å². The average Bonchev–Trinajstić information content (AvgIpc) is 2.76. The maximum absolute atomic E-state index is 10.6. The van der Waals surface area contributed by atoms with Crippen molar-refractivity contribution in [2.75, 3.05) is 6.61 Å². The first-order valence-corrected chi connectivity index (χ1v) is 7.49. The van der Waals surface area contributed by atoms with Crippen molar-refractivity contribution >= 4 is 13.6 Å². The average molecular weight is 336 g/mol. The number of aromatic nitrogens is 1.